The number of amides is 2. The van der Waals surface area contributed by atoms with Crippen molar-refractivity contribution in [1.29, 1.82) is 0 Å². The van der Waals surface area contributed by atoms with Gasteiger partial charge >= 0.3 is 6.03 Å². The smallest absolute Gasteiger partial charge is 0.317 e. The second kappa shape index (κ2) is 5.48. The molecule has 0 aromatic heterocycles. The van der Waals surface area contributed by atoms with E-state index in [9.17, 15) is 9.90 Å². The third kappa shape index (κ3) is 3.61. The lowest BCUT2D eigenvalue weighted by atomic mass is 9.98. The van der Waals surface area contributed by atoms with Crippen molar-refractivity contribution in [1.82, 2.24) is 10.2 Å². The number of hydrogen-bond acceptors (Lipinski definition) is 3. The van der Waals surface area contributed by atoms with Gasteiger partial charge in [-0.1, -0.05) is 12.1 Å². The van der Waals surface area contributed by atoms with Gasteiger partial charge in [-0.2, -0.15) is 0 Å². The van der Waals surface area contributed by atoms with E-state index < -0.39 is 5.60 Å². The third-order valence-corrected chi connectivity index (χ3v) is 3.20. The van der Waals surface area contributed by atoms with Gasteiger partial charge in [0.05, 0.1) is 25.8 Å². The van der Waals surface area contributed by atoms with Gasteiger partial charge in [0.1, 0.15) is 5.75 Å². The first-order valence-electron chi connectivity index (χ1n) is 6.38. The van der Waals surface area contributed by atoms with Crippen LogP contribution in [0.3, 0.4) is 0 Å². The molecule has 0 unspecified atom stereocenters. The van der Waals surface area contributed by atoms with Gasteiger partial charge in [-0.05, 0) is 31.0 Å². The van der Waals surface area contributed by atoms with Crippen molar-refractivity contribution in [3.63, 3.8) is 0 Å². The van der Waals surface area contributed by atoms with Crippen LogP contribution in [0.15, 0.2) is 24.3 Å². The normalized spacial score (nSPS) is 16.7. The summed E-state index contributed by atoms with van der Waals surface area (Å²) < 4.78 is 5.08. The molecule has 5 nitrogen and oxygen atoms in total. The Balaban J connectivity index is 1.70. The monoisotopic (exact) mass is 264 g/mol. The summed E-state index contributed by atoms with van der Waals surface area (Å²) in [6, 6.07) is 7.67. The molecule has 1 saturated heterocycles. The molecule has 104 valence electrons. The van der Waals surface area contributed by atoms with Gasteiger partial charge < -0.3 is 20.1 Å². The molecule has 1 aliphatic rings. The topological polar surface area (TPSA) is 61.8 Å². The van der Waals surface area contributed by atoms with Crippen molar-refractivity contribution >= 4 is 6.03 Å². The minimum atomic E-state index is -0.715. The van der Waals surface area contributed by atoms with Crippen LogP contribution in [0.1, 0.15) is 12.5 Å². The van der Waals surface area contributed by atoms with Crippen LogP contribution in [0.2, 0.25) is 0 Å². The maximum Gasteiger partial charge on any atom is 0.317 e. The molecule has 2 rings (SSSR count). The second-order valence-electron chi connectivity index (χ2n) is 5.18. The number of benzene rings is 1. The molecule has 1 aromatic carbocycles. The average Bonchev–Trinajstić information content (AvgIpc) is 2.36. The van der Waals surface area contributed by atoms with Crippen molar-refractivity contribution < 1.29 is 14.6 Å². The molecule has 19 heavy (non-hydrogen) atoms. The Morgan fingerprint density at radius 1 is 1.42 bits per heavy atom. The number of rotatable bonds is 4. The van der Waals surface area contributed by atoms with E-state index in [1.165, 1.54) is 0 Å². The molecule has 1 aromatic rings. The van der Waals surface area contributed by atoms with Gasteiger partial charge in [-0.15, -0.1) is 0 Å². The lowest BCUT2D eigenvalue weighted by Gasteiger charge is -2.43. The summed E-state index contributed by atoms with van der Waals surface area (Å²) in [7, 11) is 1.64. The lowest BCUT2D eigenvalue weighted by molar-refractivity contribution is -0.0606. The molecule has 1 aliphatic heterocycles. The Morgan fingerprint density at radius 2 is 2.05 bits per heavy atom. The molecule has 2 N–H and O–H groups in total. The average molecular weight is 264 g/mol. The molecule has 1 heterocycles. The molecule has 0 aliphatic carbocycles. The first-order chi connectivity index (χ1) is 9.00. The standard InChI is InChI=1S/C14H20N2O3/c1-14(18)9-16(10-14)13(17)15-8-7-11-3-5-12(19-2)6-4-11/h3-6,18H,7-10H2,1-2H3,(H,15,17). The SMILES string of the molecule is COc1ccc(CCNC(=O)N2CC(C)(O)C2)cc1. The molecule has 0 saturated carbocycles. The van der Waals surface area contributed by atoms with E-state index in [4.69, 9.17) is 4.74 Å². The third-order valence-electron chi connectivity index (χ3n) is 3.20. The van der Waals surface area contributed by atoms with Crippen molar-refractivity contribution in [3.8, 4) is 5.75 Å². The fourth-order valence-corrected chi connectivity index (χ4v) is 2.14. The number of carbonyl (C=O) groups is 1. The summed E-state index contributed by atoms with van der Waals surface area (Å²) in [5.41, 5.74) is 0.435. The highest BCUT2D eigenvalue weighted by Crippen LogP contribution is 2.19. The summed E-state index contributed by atoms with van der Waals surface area (Å²) in [5, 5.41) is 12.4. The molecule has 2 amide bonds. The highest BCUT2D eigenvalue weighted by molar-refractivity contribution is 5.75. The van der Waals surface area contributed by atoms with Gasteiger partial charge in [-0.3, -0.25) is 0 Å². The quantitative estimate of drug-likeness (QED) is 0.853. The van der Waals surface area contributed by atoms with E-state index in [1.807, 2.05) is 24.3 Å². The van der Waals surface area contributed by atoms with Gasteiger partial charge in [-0.25, -0.2) is 4.79 Å². The zero-order valence-electron chi connectivity index (χ0n) is 11.3. The van der Waals surface area contributed by atoms with Crippen LogP contribution in [-0.4, -0.2) is 48.4 Å². The second-order valence-corrected chi connectivity index (χ2v) is 5.18. The Kier molecular flexibility index (Phi) is 3.95. The molecule has 0 spiro atoms. The number of ether oxygens (including phenoxy) is 1. The number of methoxy groups -OCH3 is 1. The lowest BCUT2D eigenvalue weighted by Crippen LogP contribution is -2.63. The van der Waals surface area contributed by atoms with E-state index in [1.54, 1.807) is 18.9 Å². The number of urea groups is 1. The van der Waals surface area contributed by atoms with Crippen LogP contribution in [-0.2, 0) is 6.42 Å². The summed E-state index contributed by atoms with van der Waals surface area (Å²) in [4.78, 5) is 13.3. The maximum atomic E-state index is 11.7. The zero-order valence-corrected chi connectivity index (χ0v) is 11.3. The minimum absolute atomic E-state index is 0.111. The van der Waals surface area contributed by atoms with E-state index in [2.05, 4.69) is 5.32 Å². The molecular formula is C14H20N2O3. The molecular weight excluding hydrogens is 244 g/mol. The zero-order chi connectivity index (χ0) is 13.9. The summed E-state index contributed by atoms with van der Waals surface area (Å²) in [6.45, 7) is 3.13. The molecule has 0 radical (unpaired) electrons. The Morgan fingerprint density at radius 3 is 2.58 bits per heavy atom. The van der Waals surface area contributed by atoms with Crippen molar-refractivity contribution in [3.05, 3.63) is 29.8 Å². The van der Waals surface area contributed by atoms with Crippen LogP contribution in [0.25, 0.3) is 0 Å². The molecule has 0 atom stereocenters. The van der Waals surface area contributed by atoms with E-state index in [-0.39, 0.29) is 6.03 Å². The first kappa shape index (κ1) is 13.7. The van der Waals surface area contributed by atoms with Gasteiger partial charge in [0, 0.05) is 6.54 Å². The van der Waals surface area contributed by atoms with Crippen molar-refractivity contribution in [2.45, 2.75) is 18.9 Å². The summed E-state index contributed by atoms with van der Waals surface area (Å²) >= 11 is 0. The number of aliphatic hydroxyl groups is 1. The highest BCUT2D eigenvalue weighted by Gasteiger charge is 2.39. The van der Waals surface area contributed by atoms with Crippen LogP contribution >= 0.6 is 0 Å². The van der Waals surface area contributed by atoms with Gasteiger partial charge in [0.2, 0.25) is 0 Å². The van der Waals surface area contributed by atoms with E-state index >= 15 is 0 Å². The molecule has 1 fully saturated rings. The first-order valence-corrected chi connectivity index (χ1v) is 6.38. The van der Waals surface area contributed by atoms with Gasteiger partial charge in [0.25, 0.3) is 0 Å². The fourth-order valence-electron chi connectivity index (χ4n) is 2.14. The number of nitrogens with zero attached hydrogens (tertiary/aromatic N) is 1. The molecule has 0 bridgehead atoms. The number of carbonyl (C=O) groups excluding carboxylic acids is 1. The Labute approximate surface area is 113 Å². The maximum absolute atomic E-state index is 11.7. The van der Waals surface area contributed by atoms with Crippen LogP contribution in [0, 0.1) is 0 Å². The summed E-state index contributed by atoms with van der Waals surface area (Å²) in [6.07, 6.45) is 0.778. The van der Waals surface area contributed by atoms with Crippen molar-refractivity contribution in [2.75, 3.05) is 26.7 Å². The predicted molar refractivity (Wildman–Crippen MR) is 72.3 cm³/mol. The van der Waals surface area contributed by atoms with E-state index in [0.29, 0.717) is 19.6 Å². The van der Waals surface area contributed by atoms with E-state index in [0.717, 1.165) is 17.7 Å². The fraction of sp³-hybridized carbons (Fsp3) is 0.500. The molecule has 5 heteroatoms. The number of hydrogen-bond donors (Lipinski definition) is 2. The van der Waals surface area contributed by atoms with Crippen LogP contribution in [0.5, 0.6) is 5.75 Å². The highest BCUT2D eigenvalue weighted by atomic mass is 16.5. The van der Waals surface area contributed by atoms with Crippen LogP contribution < -0.4 is 10.1 Å². The number of likely N-dealkylation sites (tertiary alicyclic amines) is 1. The predicted octanol–water partition coefficient (Wildman–Crippen LogP) is 1.01. The van der Waals surface area contributed by atoms with Crippen molar-refractivity contribution in [2.24, 2.45) is 0 Å². The Hall–Kier alpha value is -1.75. The minimum Gasteiger partial charge on any atom is -0.497 e. The number of nitrogens with one attached hydrogen (secondary N) is 1. The number of β-amino-alcohol motifs (C(OH)–C–C–N with tert-alkyl or cyclic N) is 1. The Bertz CT molecular complexity index is 435. The van der Waals surface area contributed by atoms with Crippen LogP contribution in [0.4, 0.5) is 4.79 Å². The largest absolute Gasteiger partial charge is 0.497 e. The summed E-state index contributed by atoms with van der Waals surface area (Å²) in [5.74, 6) is 0.829. The van der Waals surface area contributed by atoms with Gasteiger partial charge in [0.15, 0.2) is 0 Å².